The van der Waals surface area contributed by atoms with Crippen LogP contribution in [0, 0.1) is 12.7 Å². The van der Waals surface area contributed by atoms with Gasteiger partial charge in [0.25, 0.3) is 0 Å². The molecule has 0 saturated heterocycles. The van der Waals surface area contributed by atoms with Gasteiger partial charge in [-0.2, -0.15) is 18.3 Å². The van der Waals surface area contributed by atoms with Crippen molar-refractivity contribution in [3.8, 4) is 5.69 Å². The summed E-state index contributed by atoms with van der Waals surface area (Å²) in [5.74, 6) is -1.01. The maximum Gasteiger partial charge on any atom is 0.419 e. The van der Waals surface area contributed by atoms with Gasteiger partial charge < -0.3 is 0 Å². The summed E-state index contributed by atoms with van der Waals surface area (Å²) >= 11 is 0. The van der Waals surface area contributed by atoms with E-state index in [1.807, 2.05) is 0 Å². The first-order valence-electron chi connectivity index (χ1n) is 4.64. The molecule has 17 heavy (non-hydrogen) atoms. The lowest BCUT2D eigenvalue weighted by Crippen LogP contribution is -2.11. The highest BCUT2D eigenvalue weighted by Gasteiger charge is 2.35. The summed E-state index contributed by atoms with van der Waals surface area (Å²) < 4.78 is 52.0. The Morgan fingerprint density at radius 3 is 2.47 bits per heavy atom. The molecule has 0 radical (unpaired) electrons. The number of aromatic nitrogens is 3. The highest BCUT2D eigenvalue weighted by Crippen LogP contribution is 2.33. The lowest BCUT2D eigenvalue weighted by atomic mass is 10.2. The first kappa shape index (κ1) is 11.6. The summed E-state index contributed by atoms with van der Waals surface area (Å²) in [6.45, 7) is 1.56. The average molecular weight is 245 g/mol. The molecule has 0 aliphatic rings. The molecular formula is C10H7F4N3. The fraction of sp³-hybridized carbons (Fsp3) is 0.200. The van der Waals surface area contributed by atoms with Crippen LogP contribution >= 0.6 is 0 Å². The Balaban J connectivity index is 2.57. The Labute approximate surface area is 93.7 Å². The molecule has 3 nitrogen and oxygen atoms in total. The summed E-state index contributed by atoms with van der Waals surface area (Å²) in [5, 5.41) is 3.76. The fourth-order valence-corrected chi connectivity index (χ4v) is 1.38. The van der Waals surface area contributed by atoms with Crippen LogP contribution in [0.3, 0.4) is 0 Å². The van der Waals surface area contributed by atoms with Crippen LogP contribution < -0.4 is 0 Å². The number of hydrogen-bond donors (Lipinski definition) is 0. The number of rotatable bonds is 1. The van der Waals surface area contributed by atoms with Gasteiger partial charge in [0.1, 0.15) is 17.8 Å². The highest BCUT2D eigenvalue weighted by molar-refractivity contribution is 5.38. The zero-order valence-electron chi connectivity index (χ0n) is 8.66. The van der Waals surface area contributed by atoms with Crippen LogP contribution in [0.2, 0.25) is 0 Å². The van der Waals surface area contributed by atoms with Gasteiger partial charge in [-0.15, -0.1) is 0 Å². The molecule has 0 aliphatic carbocycles. The topological polar surface area (TPSA) is 30.7 Å². The molecular weight excluding hydrogens is 238 g/mol. The van der Waals surface area contributed by atoms with Crippen molar-refractivity contribution in [1.29, 1.82) is 0 Å². The van der Waals surface area contributed by atoms with E-state index >= 15 is 0 Å². The summed E-state index contributed by atoms with van der Waals surface area (Å²) in [7, 11) is 0. The molecule has 90 valence electrons. The highest BCUT2D eigenvalue weighted by atomic mass is 19.4. The van der Waals surface area contributed by atoms with Crippen LogP contribution in [0.25, 0.3) is 5.69 Å². The first-order valence-corrected chi connectivity index (χ1v) is 4.64. The molecule has 0 atom stereocenters. The molecule has 1 aromatic carbocycles. The Kier molecular flexibility index (Phi) is 2.60. The van der Waals surface area contributed by atoms with E-state index in [1.165, 1.54) is 6.07 Å². The van der Waals surface area contributed by atoms with Crippen molar-refractivity contribution in [2.75, 3.05) is 0 Å². The molecule has 2 rings (SSSR count). The van der Waals surface area contributed by atoms with Crippen molar-refractivity contribution in [1.82, 2.24) is 14.8 Å². The van der Waals surface area contributed by atoms with Crippen LogP contribution in [0.4, 0.5) is 17.6 Å². The minimum absolute atomic E-state index is 0.277. The van der Waals surface area contributed by atoms with E-state index in [2.05, 4.69) is 10.1 Å². The molecule has 0 spiro atoms. The molecule has 7 heteroatoms. The van der Waals surface area contributed by atoms with Gasteiger partial charge in [-0.3, -0.25) is 0 Å². The number of alkyl halides is 3. The van der Waals surface area contributed by atoms with Crippen LogP contribution in [0.5, 0.6) is 0 Å². The van der Waals surface area contributed by atoms with Gasteiger partial charge in [0.05, 0.1) is 5.56 Å². The van der Waals surface area contributed by atoms with E-state index in [4.69, 9.17) is 0 Å². The second-order valence-electron chi connectivity index (χ2n) is 3.37. The molecule has 0 N–H and O–H groups in total. The predicted octanol–water partition coefficient (Wildman–Crippen LogP) is 2.73. The molecule has 1 aromatic heterocycles. The second-order valence-corrected chi connectivity index (χ2v) is 3.37. The summed E-state index contributed by atoms with van der Waals surface area (Å²) in [4.78, 5) is 3.73. The van der Waals surface area contributed by atoms with E-state index in [9.17, 15) is 17.6 Å². The van der Waals surface area contributed by atoms with Gasteiger partial charge in [0.15, 0.2) is 5.82 Å². The van der Waals surface area contributed by atoms with E-state index < -0.39 is 17.6 Å². The van der Waals surface area contributed by atoms with Crippen LogP contribution in [-0.4, -0.2) is 14.8 Å². The summed E-state index contributed by atoms with van der Waals surface area (Å²) in [6, 6.07) is 3.01. The number of hydrogen-bond acceptors (Lipinski definition) is 2. The second kappa shape index (κ2) is 3.83. The molecule has 2 aromatic rings. The van der Waals surface area contributed by atoms with Crippen LogP contribution in [0.1, 0.15) is 11.4 Å². The quantitative estimate of drug-likeness (QED) is 0.723. The first-order chi connectivity index (χ1) is 7.89. The molecule has 1 heterocycles. The van der Waals surface area contributed by atoms with E-state index in [0.29, 0.717) is 11.9 Å². The number of benzene rings is 1. The molecule has 0 fully saturated rings. The third-order valence-electron chi connectivity index (χ3n) is 2.14. The Bertz CT molecular complexity index is 545. The van der Waals surface area contributed by atoms with E-state index in [1.54, 1.807) is 6.92 Å². The van der Waals surface area contributed by atoms with Gasteiger partial charge in [0.2, 0.25) is 0 Å². The smallest absolute Gasteiger partial charge is 0.220 e. The normalized spacial score (nSPS) is 11.8. The maximum atomic E-state index is 13.7. The standard InChI is InChI=1S/C10H7F4N3/c1-6-15-5-17(16-6)8-4-2-3-7(9(8)11)10(12,13)14/h2-5H,1H3. The number of aryl methyl sites for hydroxylation is 1. The molecule has 0 saturated carbocycles. The van der Waals surface area contributed by atoms with Crippen LogP contribution in [0.15, 0.2) is 24.5 Å². The zero-order chi connectivity index (χ0) is 12.6. The van der Waals surface area contributed by atoms with E-state index in [-0.39, 0.29) is 5.69 Å². The van der Waals surface area contributed by atoms with Crippen molar-refractivity contribution >= 4 is 0 Å². The molecule has 0 aliphatic heterocycles. The largest absolute Gasteiger partial charge is 0.419 e. The average Bonchev–Trinajstić information content (AvgIpc) is 2.63. The third-order valence-corrected chi connectivity index (χ3v) is 2.14. The third kappa shape index (κ3) is 2.13. The van der Waals surface area contributed by atoms with Gasteiger partial charge in [-0.25, -0.2) is 14.1 Å². The SMILES string of the molecule is Cc1ncn(-c2cccc(C(F)(F)F)c2F)n1. The number of halogens is 4. The van der Waals surface area contributed by atoms with E-state index in [0.717, 1.165) is 17.1 Å². The Morgan fingerprint density at radius 1 is 1.24 bits per heavy atom. The van der Waals surface area contributed by atoms with Crippen molar-refractivity contribution in [2.45, 2.75) is 13.1 Å². The van der Waals surface area contributed by atoms with Crippen molar-refractivity contribution in [2.24, 2.45) is 0 Å². The van der Waals surface area contributed by atoms with Crippen molar-refractivity contribution < 1.29 is 17.6 Å². The lowest BCUT2D eigenvalue weighted by molar-refractivity contribution is -0.140. The lowest BCUT2D eigenvalue weighted by Gasteiger charge is -2.10. The predicted molar refractivity (Wildman–Crippen MR) is 51.1 cm³/mol. The Hall–Kier alpha value is -1.92. The van der Waals surface area contributed by atoms with Crippen molar-refractivity contribution in [3.05, 3.63) is 41.7 Å². The minimum atomic E-state index is -4.73. The van der Waals surface area contributed by atoms with Crippen molar-refractivity contribution in [3.63, 3.8) is 0 Å². The molecule has 0 amide bonds. The van der Waals surface area contributed by atoms with Gasteiger partial charge in [-0.1, -0.05) is 6.07 Å². The minimum Gasteiger partial charge on any atom is -0.220 e. The van der Waals surface area contributed by atoms with Crippen LogP contribution in [-0.2, 0) is 6.18 Å². The Morgan fingerprint density at radius 2 is 1.94 bits per heavy atom. The summed E-state index contributed by atoms with van der Waals surface area (Å²) in [5.41, 5.74) is -1.59. The zero-order valence-corrected chi connectivity index (χ0v) is 8.66. The maximum absolute atomic E-state index is 13.7. The van der Waals surface area contributed by atoms with Gasteiger partial charge >= 0.3 is 6.18 Å². The summed E-state index contributed by atoms with van der Waals surface area (Å²) in [6.07, 6.45) is -3.57. The molecule has 0 bridgehead atoms. The van der Waals surface area contributed by atoms with Gasteiger partial charge in [-0.05, 0) is 19.1 Å². The monoisotopic (exact) mass is 245 g/mol. The van der Waals surface area contributed by atoms with Gasteiger partial charge in [0, 0.05) is 0 Å². The number of nitrogens with zero attached hydrogens (tertiary/aromatic N) is 3. The fourth-order valence-electron chi connectivity index (χ4n) is 1.38. The molecule has 0 unspecified atom stereocenters.